The first-order valence-corrected chi connectivity index (χ1v) is 5.48. The van der Waals surface area contributed by atoms with Crippen molar-refractivity contribution in [2.45, 2.75) is 19.4 Å². The van der Waals surface area contributed by atoms with Crippen LogP contribution >= 0.6 is 0 Å². The molecular formula is C11H16N4O. The number of likely N-dealkylation sites (tertiary alicyclic amines) is 1. The first-order chi connectivity index (χ1) is 7.66. The Labute approximate surface area is 94.6 Å². The molecule has 1 amide bonds. The molecule has 0 aromatic carbocycles. The Morgan fingerprint density at radius 2 is 2.31 bits per heavy atom. The van der Waals surface area contributed by atoms with Crippen LogP contribution in [-0.2, 0) is 0 Å². The highest BCUT2D eigenvalue weighted by molar-refractivity contribution is 5.93. The minimum absolute atomic E-state index is 0.00287. The molecule has 1 fully saturated rings. The van der Waals surface area contributed by atoms with Crippen LogP contribution in [0.1, 0.15) is 23.7 Å². The molecule has 1 aliphatic rings. The summed E-state index contributed by atoms with van der Waals surface area (Å²) in [5.41, 5.74) is 6.49. The number of amides is 1. The number of carbonyl (C=O) groups is 1. The summed E-state index contributed by atoms with van der Waals surface area (Å²) in [7, 11) is 0. The third-order valence-corrected chi connectivity index (χ3v) is 2.81. The van der Waals surface area contributed by atoms with Gasteiger partial charge in [-0.05, 0) is 18.4 Å². The maximum absolute atomic E-state index is 12.1. The highest BCUT2D eigenvalue weighted by Gasteiger charge is 2.26. The molecule has 2 unspecified atom stereocenters. The van der Waals surface area contributed by atoms with E-state index in [1.807, 2.05) is 0 Å². The molecule has 0 radical (unpaired) electrons. The first-order valence-electron chi connectivity index (χ1n) is 5.48. The Morgan fingerprint density at radius 3 is 2.94 bits per heavy atom. The molecule has 1 aliphatic heterocycles. The molecule has 2 atom stereocenters. The molecule has 1 aromatic heterocycles. The lowest BCUT2D eigenvalue weighted by atomic mass is 9.96. The number of nitrogens with zero attached hydrogens (tertiary/aromatic N) is 3. The second kappa shape index (κ2) is 4.57. The third-order valence-electron chi connectivity index (χ3n) is 2.81. The second-order valence-electron chi connectivity index (χ2n) is 4.44. The normalized spacial score (nSPS) is 25.5. The lowest BCUT2D eigenvalue weighted by Crippen LogP contribution is -2.48. The predicted molar refractivity (Wildman–Crippen MR) is 59.7 cm³/mol. The van der Waals surface area contributed by atoms with Gasteiger partial charge in [0, 0.05) is 19.1 Å². The summed E-state index contributed by atoms with van der Waals surface area (Å²) in [5.74, 6) is 0.458. The first kappa shape index (κ1) is 11.0. The van der Waals surface area contributed by atoms with Crippen molar-refractivity contribution in [1.29, 1.82) is 0 Å². The van der Waals surface area contributed by atoms with Crippen molar-refractivity contribution in [3.63, 3.8) is 0 Å². The summed E-state index contributed by atoms with van der Waals surface area (Å²) >= 11 is 0. The zero-order valence-electron chi connectivity index (χ0n) is 9.34. The van der Waals surface area contributed by atoms with Crippen molar-refractivity contribution in [2.75, 3.05) is 13.1 Å². The van der Waals surface area contributed by atoms with Crippen LogP contribution in [0.25, 0.3) is 0 Å². The van der Waals surface area contributed by atoms with Crippen LogP contribution in [0.2, 0.25) is 0 Å². The Kier molecular flexibility index (Phi) is 3.14. The van der Waals surface area contributed by atoms with E-state index in [9.17, 15) is 4.79 Å². The fraction of sp³-hybridized carbons (Fsp3) is 0.545. The largest absolute Gasteiger partial charge is 0.337 e. The standard InChI is InChI=1S/C11H16N4O/c1-8-4-10(12)7-15(6-8)11(16)9-2-3-13-14-5-9/h2-3,5,8,10H,4,6-7,12H2,1H3. The average molecular weight is 220 g/mol. The van der Waals surface area contributed by atoms with Gasteiger partial charge in [0.2, 0.25) is 0 Å². The van der Waals surface area contributed by atoms with E-state index in [-0.39, 0.29) is 11.9 Å². The average Bonchev–Trinajstić information content (AvgIpc) is 2.28. The lowest BCUT2D eigenvalue weighted by Gasteiger charge is -2.34. The van der Waals surface area contributed by atoms with Gasteiger partial charge in [0.15, 0.2) is 0 Å². The number of piperidine rings is 1. The van der Waals surface area contributed by atoms with Gasteiger partial charge in [-0.3, -0.25) is 4.79 Å². The van der Waals surface area contributed by atoms with E-state index in [1.165, 1.54) is 12.4 Å². The van der Waals surface area contributed by atoms with Crippen molar-refractivity contribution in [3.8, 4) is 0 Å². The van der Waals surface area contributed by atoms with E-state index < -0.39 is 0 Å². The van der Waals surface area contributed by atoms with E-state index in [2.05, 4.69) is 17.1 Å². The van der Waals surface area contributed by atoms with Crippen LogP contribution in [0.15, 0.2) is 18.5 Å². The molecule has 0 bridgehead atoms. The van der Waals surface area contributed by atoms with Gasteiger partial charge in [-0.2, -0.15) is 10.2 Å². The topological polar surface area (TPSA) is 72.1 Å². The minimum Gasteiger partial charge on any atom is -0.337 e. The van der Waals surface area contributed by atoms with Gasteiger partial charge in [-0.25, -0.2) is 0 Å². The molecule has 5 heteroatoms. The predicted octanol–water partition coefficient (Wildman–Crippen LogP) is 0.286. The van der Waals surface area contributed by atoms with Crippen LogP contribution < -0.4 is 5.73 Å². The second-order valence-corrected chi connectivity index (χ2v) is 4.44. The van der Waals surface area contributed by atoms with Crippen molar-refractivity contribution in [3.05, 3.63) is 24.0 Å². The van der Waals surface area contributed by atoms with Crippen LogP contribution in [-0.4, -0.2) is 40.1 Å². The minimum atomic E-state index is -0.00287. The molecule has 0 aliphatic carbocycles. The van der Waals surface area contributed by atoms with Gasteiger partial charge in [0.1, 0.15) is 0 Å². The zero-order chi connectivity index (χ0) is 11.5. The van der Waals surface area contributed by atoms with E-state index >= 15 is 0 Å². The van der Waals surface area contributed by atoms with Gasteiger partial charge in [-0.1, -0.05) is 6.92 Å². The molecule has 0 spiro atoms. The fourth-order valence-electron chi connectivity index (χ4n) is 2.17. The number of rotatable bonds is 1. The summed E-state index contributed by atoms with van der Waals surface area (Å²) in [6, 6.07) is 1.77. The number of carbonyl (C=O) groups excluding carboxylic acids is 1. The molecule has 2 heterocycles. The number of hydrogen-bond donors (Lipinski definition) is 1. The molecule has 5 nitrogen and oxygen atoms in total. The van der Waals surface area contributed by atoms with Crippen LogP contribution in [0, 0.1) is 5.92 Å². The lowest BCUT2D eigenvalue weighted by molar-refractivity contribution is 0.0660. The summed E-state index contributed by atoms with van der Waals surface area (Å²) < 4.78 is 0. The molecular weight excluding hydrogens is 204 g/mol. The summed E-state index contributed by atoms with van der Waals surface area (Å²) in [6.45, 7) is 3.52. The van der Waals surface area contributed by atoms with Gasteiger partial charge in [0.25, 0.3) is 5.91 Å². The Morgan fingerprint density at radius 1 is 1.50 bits per heavy atom. The monoisotopic (exact) mass is 220 g/mol. The summed E-state index contributed by atoms with van der Waals surface area (Å²) in [5, 5.41) is 7.37. The van der Waals surface area contributed by atoms with Crippen LogP contribution in [0.5, 0.6) is 0 Å². The van der Waals surface area contributed by atoms with Gasteiger partial charge >= 0.3 is 0 Å². The van der Waals surface area contributed by atoms with Crippen molar-refractivity contribution in [1.82, 2.24) is 15.1 Å². The Balaban J connectivity index is 2.10. The smallest absolute Gasteiger partial charge is 0.255 e. The summed E-state index contributed by atoms with van der Waals surface area (Å²) in [6.07, 6.45) is 4.01. The zero-order valence-corrected chi connectivity index (χ0v) is 9.34. The molecule has 1 saturated heterocycles. The molecule has 2 N–H and O–H groups in total. The third kappa shape index (κ3) is 2.36. The van der Waals surface area contributed by atoms with Crippen molar-refractivity contribution in [2.24, 2.45) is 11.7 Å². The molecule has 86 valence electrons. The number of aromatic nitrogens is 2. The maximum atomic E-state index is 12.1. The van der Waals surface area contributed by atoms with E-state index in [1.54, 1.807) is 11.0 Å². The quantitative estimate of drug-likeness (QED) is 0.738. The van der Waals surface area contributed by atoms with Crippen LogP contribution in [0.4, 0.5) is 0 Å². The fourth-order valence-corrected chi connectivity index (χ4v) is 2.17. The Hall–Kier alpha value is -1.49. The summed E-state index contributed by atoms with van der Waals surface area (Å²) in [4.78, 5) is 13.9. The van der Waals surface area contributed by atoms with Gasteiger partial charge in [0.05, 0.1) is 18.0 Å². The van der Waals surface area contributed by atoms with Gasteiger partial charge < -0.3 is 10.6 Å². The van der Waals surface area contributed by atoms with Crippen molar-refractivity contribution >= 4 is 5.91 Å². The SMILES string of the molecule is CC1CC(N)CN(C(=O)c2ccnnc2)C1. The van der Waals surface area contributed by atoms with Gasteiger partial charge in [-0.15, -0.1) is 0 Å². The molecule has 2 rings (SSSR count). The highest BCUT2D eigenvalue weighted by atomic mass is 16.2. The van der Waals surface area contributed by atoms with E-state index in [0.29, 0.717) is 18.0 Å². The van der Waals surface area contributed by atoms with E-state index in [0.717, 1.165) is 13.0 Å². The Bertz CT molecular complexity index is 358. The maximum Gasteiger partial charge on any atom is 0.255 e. The molecule has 1 aromatic rings. The molecule has 0 saturated carbocycles. The van der Waals surface area contributed by atoms with Crippen molar-refractivity contribution < 1.29 is 4.79 Å². The highest BCUT2D eigenvalue weighted by Crippen LogP contribution is 2.16. The van der Waals surface area contributed by atoms with Crippen LogP contribution in [0.3, 0.4) is 0 Å². The van der Waals surface area contributed by atoms with E-state index in [4.69, 9.17) is 5.73 Å². The molecule has 16 heavy (non-hydrogen) atoms. The number of nitrogens with two attached hydrogens (primary N) is 1. The number of hydrogen-bond acceptors (Lipinski definition) is 4.